The Bertz CT molecular complexity index is 1440. The zero-order valence-electron chi connectivity index (χ0n) is 27.0. The maximum absolute atomic E-state index is 13.9. The molecule has 0 spiro atoms. The van der Waals surface area contributed by atoms with Crippen LogP contribution in [-0.4, -0.2) is 74.4 Å². The van der Waals surface area contributed by atoms with Crippen molar-refractivity contribution in [1.82, 2.24) is 15.7 Å². The molecule has 1 aliphatic heterocycles. The number of para-hydroxylation sites is 1. The first-order chi connectivity index (χ1) is 20.8. The number of amides is 2. The zero-order chi connectivity index (χ0) is 32.1. The minimum Gasteiger partial charge on any atom is -0.496 e. The highest BCUT2D eigenvalue weighted by atomic mass is 16.8. The molecular formula is C34H46N4O6. The SMILES string of the molecule is CNC(=O)c1cc(-c2cccc(CN3O[C@@H](O)[C@@H](C(C)=O)[C@H]3C(=O)N[C@H]3C[C@H]4C[C@@H]([C@@H]3C)C4(C)C)c2OC)cc(N(C)C)c1. The Morgan fingerprint density at radius 1 is 1.16 bits per heavy atom. The van der Waals surface area contributed by atoms with Gasteiger partial charge in [0.05, 0.1) is 19.6 Å². The van der Waals surface area contributed by atoms with E-state index in [9.17, 15) is 19.5 Å². The van der Waals surface area contributed by atoms with E-state index in [1.165, 1.54) is 18.4 Å². The second-order valence-corrected chi connectivity index (χ2v) is 13.5. The number of ketones is 1. The Morgan fingerprint density at radius 2 is 1.89 bits per heavy atom. The van der Waals surface area contributed by atoms with E-state index in [2.05, 4.69) is 31.4 Å². The molecule has 2 aromatic carbocycles. The van der Waals surface area contributed by atoms with E-state index < -0.39 is 18.2 Å². The fourth-order valence-corrected chi connectivity index (χ4v) is 7.71. The van der Waals surface area contributed by atoms with Gasteiger partial charge in [-0.3, -0.25) is 19.2 Å². The third kappa shape index (κ3) is 5.59. The van der Waals surface area contributed by atoms with Crippen LogP contribution in [0.4, 0.5) is 5.69 Å². The van der Waals surface area contributed by atoms with Crippen molar-refractivity contribution in [2.75, 3.05) is 33.2 Å². The van der Waals surface area contributed by atoms with Crippen molar-refractivity contribution in [3.63, 3.8) is 0 Å². The number of nitrogens with zero attached hydrogens (tertiary/aromatic N) is 2. The average molecular weight is 607 g/mol. The van der Waals surface area contributed by atoms with Crippen LogP contribution in [0.3, 0.4) is 0 Å². The van der Waals surface area contributed by atoms with Gasteiger partial charge in [0.1, 0.15) is 17.6 Å². The van der Waals surface area contributed by atoms with Crippen molar-refractivity contribution >= 4 is 23.3 Å². The molecule has 10 heteroatoms. The predicted octanol–water partition coefficient (Wildman–Crippen LogP) is 3.61. The molecule has 44 heavy (non-hydrogen) atoms. The Balaban J connectivity index is 1.45. The molecule has 7 atom stereocenters. The maximum atomic E-state index is 13.9. The summed E-state index contributed by atoms with van der Waals surface area (Å²) in [4.78, 5) is 46.9. The Kier molecular flexibility index (Phi) is 8.81. The zero-order valence-corrected chi connectivity index (χ0v) is 27.0. The molecule has 2 bridgehead atoms. The van der Waals surface area contributed by atoms with E-state index in [4.69, 9.17) is 9.57 Å². The van der Waals surface area contributed by atoms with Crippen LogP contribution in [0.1, 0.15) is 56.5 Å². The van der Waals surface area contributed by atoms with Crippen molar-refractivity contribution in [2.45, 2.75) is 65.5 Å². The third-order valence-electron chi connectivity index (χ3n) is 10.5. The number of hydrogen-bond acceptors (Lipinski definition) is 8. The predicted molar refractivity (Wildman–Crippen MR) is 168 cm³/mol. The van der Waals surface area contributed by atoms with Gasteiger partial charge >= 0.3 is 0 Å². The topological polar surface area (TPSA) is 120 Å². The van der Waals surface area contributed by atoms with E-state index in [1.807, 2.05) is 55.4 Å². The second kappa shape index (κ2) is 12.1. The second-order valence-electron chi connectivity index (χ2n) is 13.5. The molecule has 3 saturated carbocycles. The van der Waals surface area contributed by atoms with E-state index in [-0.39, 0.29) is 35.6 Å². The lowest BCUT2D eigenvalue weighted by Crippen LogP contribution is -2.62. The van der Waals surface area contributed by atoms with E-state index in [0.717, 1.165) is 23.2 Å². The number of ether oxygens (including phenoxy) is 1. The van der Waals surface area contributed by atoms with Gasteiger partial charge < -0.3 is 25.4 Å². The van der Waals surface area contributed by atoms with Crippen LogP contribution in [0.2, 0.25) is 0 Å². The molecule has 4 aliphatic rings. The summed E-state index contributed by atoms with van der Waals surface area (Å²) in [6.07, 6.45) is 0.643. The van der Waals surface area contributed by atoms with Crippen molar-refractivity contribution in [3.05, 3.63) is 47.5 Å². The van der Waals surface area contributed by atoms with Gasteiger partial charge in [-0.15, -0.1) is 0 Å². The first-order valence-corrected chi connectivity index (χ1v) is 15.4. The fourth-order valence-electron chi connectivity index (χ4n) is 7.71. The summed E-state index contributed by atoms with van der Waals surface area (Å²) in [7, 11) is 6.97. The molecule has 2 aromatic rings. The molecule has 4 fully saturated rings. The summed E-state index contributed by atoms with van der Waals surface area (Å²) in [6, 6.07) is 10.2. The first-order valence-electron chi connectivity index (χ1n) is 15.4. The van der Waals surface area contributed by atoms with Gasteiger partial charge in [0.2, 0.25) is 5.91 Å². The van der Waals surface area contributed by atoms with Gasteiger partial charge in [0, 0.05) is 49.6 Å². The summed E-state index contributed by atoms with van der Waals surface area (Å²) in [6.45, 7) is 8.29. The first kappa shape index (κ1) is 31.9. The number of hydroxylamine groups is 2. The number of Topliss-reactive ketones (excluding diaryl/α,β-unsaturated/α-hetero) is 1. The normalized spacial score (nSPS) is 29.0. The maximum Gasteiger partial charge on any atom is 0.251 e. The number of fused-ring (bicyclic) bond motifs is 2. The van der Waals surface area contributed by atoms with Crippen molar-refractivity contribution in [1.29, 1.82) is 0 Å². The summed E-state index contributed by atoms with van der Waals surface area (Å²) >= 11 is 0. The molecule has 6 rings (SSSR count). The van der Waals surface area contributed by atoms with Crippen LogP contribution in [0.15, 0.2) is 36.4 Å². The standard InChI is InChI=1S/C34H46N4O6/c1-18-26-15-23(34(26,3)4)16-27(18)36-32(41)29-28(19(2)39)33(42)44-38(29)17-20-10-9-11-25(30(20)43-8)21-12-22(31(40)35-5)14-24(13-21)37(6)7/h9-14,18,23,26-29,33,42H,15-17H2,1-8H3,(H,35,40)(H,36,41)/t18-,23+,26-,27-,28-,29-,33+/m0/s1. The number of benzene rings is 2. The minimum absolute atomic E-state index is 0.00262. The van der Waals surface area contributed by atoms with Crippen molar-refractivity contribution < 1.29 is 29.1 Å². The number of methoxy groups -OCH3 is 1. The van der Waals surface area contributed by atoms with Gasteiger partial charge in [-0.2, -0.15) is 5.06 Å². The molecule has 2 amide bonds. The molecule has 1 saturated heterocycles. The number of nitrogens with one attached hydrogen (secondary N) is 2. The molecule has 0 aromatic heterocycles. The molecule has 1 heterocycles. The van der Waals surface area contributed by atoms with E-state index >= 15 is 0 Å². The van der Waals surface area contributed by atoms with Crippen LogP contribution in [0, 0.1) is 29.1 Å². The van der Waals surface area contributed by atoms with Gasteiger partial charge in [-0.05, 0) is 66.7 Å². The Morgan fingerprint density at radius 3 is 2.48 bits per heavy atom. The quantitative estimate of drug-likeness (QED) is 0.396. The van der Waals surface area contributed by atoms with Gasteiger partial charge in [-0.1, -0.05) is 39.0 Å². The monoisotopic (exact) mass is 606 g/mol. The van der Waals surface area contributed by atoms with Crippen molar-refractivity contribution in [2.24, 2.45) is 29.1 Å². The molecule has 10 nitrogen and oxygen atoms in total. The van der Waals surface area contributed by atoms with Crippen LogP contribution < -0.4 is 20.3 Å². The average Bonchev–Trinajstić information content (AvgIpc) is 3.32. The van der Waals surface area contributed by atoms with Crippen LogP contribution in [-0.2, 0) is 21.0 Å². The highest BCUT2D eigenvalue weighted by molar-refractivity contribution is 5.97. The number of rotatable bonds is 9. The van der Waals surface area contributed by atoms with Crippen LogP contribution >= 0.6 is 0 Å². The minimum atomic E-state index is -1.44. The largest absolute Gasteiger partial charge is 0.496 e. The summed E-state index contributed by atoms with van der Waals surface area (Å²) in [5.74, 6) is 0.0793. The fraction of sp³-hybridized carbons (Fsp3) is 0.559. The molecule has 3 N–H and O–H groups in total. The highest BCUT2D eigenvalue weighted by Crippen LogP contribution is 2.61. The lowest BCUT2D eigenvalue weighted by Gasteiger charge is -2.62. The highest BCUT2D eigenvalue weighted by Gasteiger charge is 2.57. The lowest BCUT2D eigenvalue weighted by atomic mass is 9.45. The van der Waals surface area contributed by atoms with Crippen molar-refractivity contribution in [3.8, 4) is 16.9 Å². The number of aliphatic hydroxyl groups excluding tert-OH is 1. The number of hydrogen-bond donors (Lipinski definition) is 3. The number of carbonyl (C=O) groups is 3. The summed E-state index contributed by atoms with van der Waals surface area (Å²) in [5.41, 5.74) is 3.85. The molecule has 0 unspecified atom stereocenters. The summed E-state index contributed by atoms with van der Waals surface area (Å²) < 4.78 is 5.91. The molecule has 3 aliphatic carbocycles. The lowest BCUT2D eigenvalue weighted by molar-refractivity contribution is -0.229. The smallest absolute Gasteiger partial charge is 0.251 e. The van der Waals surface area contributed by atoms with Gasteiger partial charge in [-0.25, -0.2) is 0 Å². The number of carbonyl (C=O) groups excluding carboxylic acids is 3. The van der Waals surface area contributed by atoms with Crippen LogP contribution in [0.25, 0.3) is 11.1 Å². The van der Waals surface area contributed by atoms with E-state index in [0.29, 0.717) is 34.6 Å². The molecular weight excluding hydrogens is 560 g/mol. The Labute approximate surface area is 260 Å². The van der Waals surface area contributed by atoms with Gasteiger partial charge in [0.25, 0.3) is 5.91 Å². The summed E-state index contributed by atoms with van der Waals surface area (Å²) in [5, 5.41) is 18.2. The van der Waals surface area contributed by atoms with E-state index in [1.54, 1.807) is 14.2 Å². The number of anilines is 1. The molecule has 238 valence electrons. The molecule has 0 radical (unpaired) electrons. The Hall–Kier alpha value is -3.47. The number of aliphatic hydroxyl groups is 1. The third-order valence-corrected chi connectivity index (χ3v) is 10.5. The van der Waals surface area contributed by atoms with Gasteiger partial charge in [0.15, 0.2) is 6.29 Å². The van der Waals surface area contributed by atoms with Crippen LogP contribution in [0.5, 0.6) is 5.75 Å².